The van der Waals surface area contributed by atoms with Crippen molar-refractivity contribution in [1.29, 1.82) is 0 Å². The molecule has 0 bridgehead atoms. The maximum atomic E-state index is 10.8. The molecular formula is C13H17NO3. The molecule has 1 heterocycles. The third-order valence-electron chi connectivity index (χ3n) is 3.42. The molecule has 4 nitrogen and oxygen atoms in total. The number of carboxylic acid groups (broad SMARTS) is 1. The third kappa shape index (κ3) is 2.18. The van der Waals surface area contributed by atoms with Crippen molar-refractivity contribution in [2.75, 3.05) is 13.2 Å². The lowest BCUT2D eigenvalue weighted by atomic mass is 9.71. The number of aliphatic carboxylic acids is 1. The summed E-state index contributed by atoms with van der Waals surface area (Å²) >= 11 is 0. The van der Waals surface area contributed by atoms with E-state index in [0.717, 1.165) is 11.1 Å². The summed E-state index contributed by atoms with van der Waals surface area (Å²) in [7, 11) is 0. The molecular weight excluding hydrogens is 218 g/mol. The zero-order valence-corrected chi connectivity index (χ0v) is 9.85. The van der Waals surface area contributed by atoms with Crippen LogP contribution in [0.2, 0.25) is 0 Å². The summed E-state index contributed by atoms with van der Waals surface area (Å²) in [4.78, 5) is 10.8. The molecule has 1 fully saturated rings. The maximum Gasteiger partial charge on any atom is 0.304 e. The van der Waals surface area contributed by atoms with Gasteiger partial charge >= 0.3 is 5.97 Å². The highest BCUT2D eigenvalue weighted by atomic mass is 16.5. The molecule has 0 aliphatic carbocycles. The van der Waals surface area contributed by atoms with Gasteiger partial charge in [0, 0.05) is 6.04 Å². The van der Waals surface area contributed by atoms with Crippen LogP contribution in [0.15, 0.2) is 24.3 Å². The van der Waals surface area contributed by atoms with Crippen LogP contribution in [0.4, 0.5) is 0 Å². The van der Waals surface area contributed by atoms with E-state index < -0.39 is 12.0 Å². The molecule has 0 spiro atoms. The molecule has 0 aromatic heterocycles. The largest absolute Gasteiger partial charge is 0.481 e. The van der Waals surface area contributed by atoms with Gasteiger partial charge in [0.15, 0.2) is 0 Å². The van der Waals surface area contributed by atoms with Gasteiger partial charge in [-0.3, -0.25) is 4.79 Å². The molecule has 0 radical (unpaired) electrons. The van der Waals surface area contributed by atoms with Gasteiger partial charge in [-0.05, 0) is 12.5 Å². The van der Waals surface area contributed by atoms with Crippen LogP contribution in [0.25, 0.3) is 0 Å². The molecule has 1 aliphatic heterocycles. The second-order valence-electron chi connectivity index (χ2n) is 4.72. The second-order valence-corrected chi connectivity index (χ2v) is 4.72. The van der Waals surface area contributed by atoms with E-state index in [2.05, 4.69) is 6.07 Å². The maximum absolute atomic E-state index is 10.8. The van der Waals surface area contributed by atoms with Crippen molar-refractivity contribution >= 4 is 5.97 Å². The highest BCUT2D eigenvalue weighted by molar-refractivity contribution is 5.68. The van der Waals surface area contributed by atoms with Crippen LogP contribution in [0, 0.1) is 6.92 Å². The van der Waals surface area contributed by atoms with Crippen LogP contribution in [0.1, 0.15) is 17.5 Å². The zero-order valence-electron chi connectivity index (χ0n) is 9.85. The van der Waals surface area contributed by atoms with Gasteiger partial charge in [-0.2, -0.15) is 0 Å². The van der Waals surface area contributed by atoms with E-state index in [9.17, 15) is 4.79 Å². The molecule has 2 rings (SSSR count). The Morgan fingerprint density at radius 3 is 2.76 bits per heavy atom. The number of carbonyl (C=O) groups is 1. The number of ether oxygens (including phenoxy) is 1. The number of rotatable bonds is 4. The fourth-order valence-corrected chi connectivity index (χ4v) is 2.26. The smallest absolute Gasteiger partial charge is 0.304 e. The summed E-state index contributed by atoms with van der Waals surface area (Å²) in [5, 5.41) is 8.85. The van der Waals surface area contributed by atoms with Gasteiger partial charge in [-0.1, -0.05) is 29.8 Å². The monoisotopic (exact) mass is 235 g/mol. The van der Waals surface area contributed by atoms with E-state index in [4.69, 9.17) is 15.6 Å². The lowest BCUT2D eigenvalue weighted by Gasteiger charge is -2.46. The first-order chi connectivity index (χ1) is 8.04. The van der Waals surface area contributed by atoms with E-state index in [1.165, 1.54) is 0 Å². The van der Waals surface area contributed by atoms with E-state index in [1.807, 2.05) is 25.1 Å². The highest BCUT2D eigenvalue weighted by Gasteiger charge is 2.46. The van der Waals surface area contributed by atoms with Crippen LogP contribution in [-0.4, -0.2) is 30.3 Å². The van der Waals surface area contributed by atoms with Gasteiger partial charge in [-0.25, -0.2) is 0 Å². The van der Waals surface area contributed by atoms with Crippen molar-refractivity contribution in [3.05, 3.63) is 35.4 Å². The standard InChI is InChI=1S/C13H17NO3/c1-9-3-2-4-10(5-9)13(7-17-8-13)11(14)6-12(15)16/h2-5,11H,6-8,14H2,1H3,(H,15,16). The molecule has 0 saturated carbocycles. The van der Waals surface area contributed by atoms with Gasteiger partial charge in [0.05, 0.1) is 25.0 Å². The Labute approximate surface area is 100 Å². The third-order valence-corrected chi connectivity index (χ3v) is 3.42. The summed E-state index contributed by atoms with van der Waals surface area (Å²) < 4.78 is 5.26. The van der Waals surface area contributed by atoms with Crippen LogP contribution in [-0.2, 0) is 14.9 Å². The summed E-state index contributed by atoms with van der Waals surface area (Å²) in [5.41, 5.74) is 7.94. The van der Waals surface area contributed by atoms with Crippen LogP contribution < -0.4 is 5.73 Å². The molecule has 1 aliphatic rings. The number of carboxylic acids is 1. The first-order valence-electron chi connectivity index (χ1n) is 5.67. The van der Waals surface area contributed by atoms with Gasteiger partial charge in [-0.15, -0.1) is 0 Å². The van der Waals surface area contributed by atoms with Gasteiger partial charge in [0.1, 0.15) is 0 Å². The van der Waals surface area contributed by atoms with Crippen molar-refractivity contribution in [2.24, 2.45) is 5.73 Å². The molecule has 1 atom stereocenters. The summed E-state index contributed by atoms with van der Waals surface area (Å²) in [5.74, 6) is -0.864. The Kier molecular flexibility index (Phi) is 3.17. The Balaban J connectivity index is 2.28. The summed E-state index contributed by atoms with van der Waals surface area (Å²) in [6.45, 7) is 3.02. The minimum absolute atomic E-state index is 0.0305. The highest BCUT2D eigenvalue weighted by Crippen LogP contribution is 2.36. The fraction of sp³-hybridized carbons (Fsp3) is 0.462. The quantitative estimate of drug-likeness (QED) is 0.818. The second kappa shape index (κ2) is 4.47. The molecule has 1 aromatic carbocycles. The SMILES string of the molecule is Cc1cccc(C2(C(N)CC(=O)O)COC2)c1. The molecule has 4 heteroatoms. The lowest BCUT2D eigenvalue weighted by molar-refractivity contribution is -0.140. The molecule has 1 saturated heterocycles. The van der Waals surface area contributed by atoms with Crippen molar-refractivity contribution in [1.82, 2.24) is 0 Å². The molecule has 0 amide bonds. The van der Waals surface area contributed by atoms with Crippen molar-refractivity contribution in [3.63, 3.8) is 0 Å². The van der Waals surface area contributed by atoms with Gasteiger partial charge in [0.2, 0.25) is 0 Å². The molecule has 92 valence electrons. The normalized spacial score (nSPS) is 19.4. The predicted molar refractivity (Wildman–Crippen MR) is 63.9 cm³/mol. The van der Waals surface area contributed by atoms with E-state index in [0.29, 0.717) is 13.2 Å². The van der Waals surface area contributed by atoms with E-state index >= 15 is 0 Å². The first kappa shape index (κ1) is 12.1. The molecule has 17 heavy (non-hydrogen) atoms. The topological polar surface area (TPSA) is 72.6 Å². The van der Waals surface area contributed by atoms with Crippen LogP contribution in [0.5, 0.6) is 0 Å². The number of hydrogen-bond donors (Lipinski definition) is 2. The zero-order chi connectivity index (χ0) is 12.5. The number of benzene rings is 1. The van der Waals surface area contributed by atoms with Crippen molar-refractivity contribution in [2.45, 2.75) is 24.8 Å². The Morgan fingerprint density at radius 1 is 1.59 bits per heavy atom. The number of aryl methyl sites for hydroxylation is 1. The Bertz CT molecular complexity index is 426. The summed E-state index contributed by atoms with van der Waals surface area (Å²) in [6.07, 6.45) is -0.0305. The minimum atomic E-state index is -0.864. The van der Waals surface area contributed by atoms with E-state index in [1.54, 1.807) is 0 Å². The number of nitrogens with two attached hydrogens (primary N) is 1. The summed E-state index contributed by atoms with van der Waals surface area (Å²) in [6, 6.07) is 7.63. The number of hydrogen-bond acceptors (Lipinski definition) is 3. The minimum Gasteiger partial charge on any atom is -0.481 e. The van der Waals surface area contributed by atoms with Crippen LogP contribution >= 0.6 is 0 Å². The van der Waals surface area contributed by atoms with Crippen molar-refractivity contribution < 1.29 is 14.6 Å². The van der Waals surface area contributed by atoms with Crippen LogP contribution in [0.3, 0.4) is 0 Å². The van der Waals surface area contributed by atoms with E-state index in [-0.39, 0.29) is 11.8 Å². The average Bonchev–Trinajstić information content (AvgIpc) is 2.14. The van der Waals surface area contributed by atoms with Crippen molar-refractivity contribution in [3.8, 4) is 0 Å². The predicted octanol–water partition coefficient (Wildman–Crippen LogP) is 1.07. The average molecular weight is 235 g/mol. The molecule has 1 unspecified atom stereocenters. The lowest BCUT2D eigenvalue weighted by Crippen LogP contribution is -2.59. The molecule has 1 aromatic rings. The van der Waals surface area contributed by atoms with Gasteiger partial charge in [0.25, 0.3) is 0 Å². The molecule has 3 N–H and O–H groups in total. The van der Waals surface area contributed by atoms with Gasteiger partial charge < -0.3 is 15.6 Å². The first-order valence-corrected chi connectivity index (χ1v) is 5.67. The fourth-order valence-electron chi connectivity index (χ4n) is 2.26. The Hall–Kier alpha value is -1.39. The Morgan fingerprint density at radius 2 is 2.29 bits per heavy atom.